The van der Waals surface area contributed by atoms with Gasteiger partial charge in [-0.3, -0.25) is 4.79 Å². The van der Waals surface area contributed by atoms with Crippen LogP contribution in [0.25, 0.3) is 0 Å². The molecule has 0 atom stereocenters. The number of carbonyl (C=O) groups is 2. The zero-order valence-electron chi connectivity index (χ0n) is 12.2. The summed E-state index contributed by atoms with van der Waals surface area (Å²) in [5, 5.41) is 12.3. The maximum absolute atomic E-state index is 11.7. The van der Waals surface area contributed by atoms with Gasteiger partial charge in [-0.15, -0.1) is 0 Å². The highest BCUT2D eigenvalue weighted by Crippen LogP contribution is 2.32. The summed E-state index contributed by atoms with van der Waals surface area (Å²) in [6, 6.07) is 0. The van der Waals surface area contributed by atoms with Crippen molar-refractivity contribution in [3.8, 4) is 0 Å². The van der Waals surface area contributed by atoms with Gasteiger partial charge in [-0.2, -0.15) is 0 Å². The topological polar surface area (TPSA) is 79.3 Å². The molecule has 2 N–H and O–H groups in total. The second kappa shape index (κ2) is 7.99. The largest absolute Gasteiger partial charge is 0.477 e. The zero-order valence-corrected chi connectivity index (χ0v) is 13.0. The van der Waals surface area contributed by atoms with E-state index in [0.29, 0.717) is 17.2 Å². The Kier molecular flexibility index (Phi) is 6.64. The molecule has 0 saturated carbocycles. The number of hydrogen-bond acceptors (Lipinski definition) is 4. The summed E-state index contributed by atoms with van der Waals surface area (Å²) >= 11 is 1.05. The lowest BCUT2D eigenvalue weighted by atomic mass is 9.98. The van der Waals surface area contributed by atoms with E-state index in [1.54, 1.807) is 0 Å². The van der Waals surface area contributed by atoms with Crippen molar-refractivity contribution in [1.29, 1.82) is 0 Å². The van der Waals surface area contributed by atoms with E-state index in [0.717, 1.165) is 37.0 Å². The minimum absolute atomic E-state index is 0.103. The fourth-order valence-electron chi connectivity index (χ4n) is 2.01. The minimum atomic E-state index is -0.974. The molecule has 1 aromatic rings. The molecule has 1 heterocycles. The number of nitrogens with one attached hydrogen (secondary N) is 1. The number of carbonyl (C=O) groups excluding carboxylic acids is 1. The van der Waals surface area contributed by atoms with E-state index in [1.165, 1.54) is 0 Å². The molecule has 1 rings (SSSR count). The van der Waals surface area contributed by atoms with Gasteiger partial charge in [0.15, 0.2) is 5.13 Å². The van der Waals surface area contributed by atoms with E-state index >= 15 is 0 Å². The molecular formula is C14H22N2O3S. The molecule has 1 amide bonds. The highest BCUT2D eigenvalue weighted by molar-refractivity contribution is 7.17. The van der Waals surface area contributed by atoms with Crippen molar-refractivity contribution in [3.05, 3.63) is 10.6 Å². The van der Waals surface area contributed by atoms with E-state index in [2.05, 4.69) is 10.3 Å². The molecule has 5 nitrogen and oxygen atoms in total. The van der Waals surface area contributed by atoms with Crippen molar-refractivity contribution >= 4 is 28.3 Å². The van der Waals surface area contributed by atoms with Crippen molar-refractivity contribution in [2.24, 2.45) is 0 Å². The Labute approximate surface area is 123 Å². The van der Waals surface area contributed by atoms with E-state index in [-0.39, 0.29) is 16.7 Å². The van der Waals surface area contributed by atoms with Gasteiger partial charge in [-0.25, -0.2) is 9.78 Å². The maximum Gasteiger partial charge on any atom is 0.347 e. The van der Waals surface area contributed by atoms with E-state index in [4.69, 9.17) is 0 Å². The summed E-state index contributed by atoms with van der Waals surface area (Å²) < 4.78 is 0. The second-order valence-electron chi connectivity index (χ2n) is 4.70. The molecule has 0 aliphatic heterocycles. The van der Waals surface area contributed by atoms with Crippen LogP contribution in [-0.2, 0) is 4.79 Å². The minimum Gasteiger partial charge on any atom is -0.477 e. The van der Waals surface area contributed by atoms with E-state index < -0.39 is 5.97 Å². The van der Waals surface area contributed by atoms with Crippen LogP contribution in [0.2, 0.25) is 0 Å². The van der Waals surface area contributed by atoms with Crippen LogP contribution in [0.3, 0.4) is 0 Å². The third kappa shape index (κ3) is 4.30. The summed E-state index contributed by atoms with van der Waals surface area (Å²) in [5.41, 5.74) is 0.596. The first-order valence-electron chi connectivity index (χ1n) is 7.07. The van der Waals surface area contributed by atoms with Crippen molar-refractivity contribution < 1.29 is 14.7 Å². The Bertz CT molecular complexity index is 467. The lowest BCUT2D eigenvalue weighted by Gasteiger charge is -2.09. The summed E-state index contributed by atoms with van der Waals surface area (Å²) in [6.45, 7) is 6.04. The third-order valence-corrected chi connectivity index (χ3v) is 4.20. The molecule has 0 unspecified atom stereocenters. The molecule has 6 heteroatoms. The summed E-state index contributed by atoms with van der Waals surface area (Å²) in [4.78, 5) is 27.5. The quantitative estimate of drug-likeness (QED) is 0.763. The fourth-order valence-corrected chi connectivity index (χ4v) is 2.92. The third-order valence-electron chi connectivity index (χ3n) is 3.22. The summed E-state index contributed by atoms with van der Waals surface area (Å²) in [6.07, 6.45) is 3.89. The van der Waals surface area contributed by atoms with Gasteiger partial charge >= 0.3 is 5.97 Å². The van der Waals surface area contributed by atoms with Crippen LogP contribution in [0.15, 0.2) is 0 Å². The molecule has 0 aliphatic carbocycles. The smallest absolute Gasteiger partial charge is 0.347 e. The molecule has 1 aromatic heterocycles. The van der Waals surface area contributed by atoms with Gasteiger partial charge < -0.3 is 10.4 Å². The van der Waals surface area contributed by atoms with Gasteiger partial charge in [0.25, 0.3) is 0 Å². The molecule has 0 fully saturated rings. The molecule has 0 saturated heterocycles. The maximum atomic E-state index is 11.7. The Hall–Kier alpha value is -1.43. The lowest BCUT2D eigenvalue weighted by molar-refractivity contribution is -0.116. The monoisotopic (exact) mass is 298 g/mol. The molecule has 20 heavy (non-hydrogen) atoms. The zero-order chi connectivity index (χ0) is 15.1. The number of thiazole rings is 1. The molecule has 0 aliphatic rings. The number of aromatic carboxylic acids is 1. The number of rotatable bonds is 8. The van der Waals surface area contributed by atoms with Crippen molar-refractivity contribution in [2.75, 3.05) is 5.32 Å². The first kappa shape index (κ1) is 16.6. The van der Waals surface area contributed by atoms with Gasteiger partial charge in [-0.05, 0) is 19.3 Å². The van der Waals surface area contributed by atoms with Crippen LogP contribution in [0.5, 0.6) is 0 Å². The van der Waals surface area contributed by atoms with Gasteiger partial charge in [0.2, 0.25) is 5.91 Å². The number of carboxylic acids is 1. The number of carboxylic acid groups (broad SMARTS) is 1. The Morgan fingerprint density at radius 1 is 1.30 bits per heavy atom. The molecule has 0 spiro atoms. The van der Waals surface area contributed by atoms with Crippen LogP contribution < -0.4 is 5.32 Å². The van der Waals surface area contributed by atoms with Crippen LogP contribution >= 0.6 is 11.3 Å². The number of hydrogen-bond donors (Lipinski definition) is 2. The Morgan fingerprint density at radius 2 is 1.95 bits per heavy atom. The van der Waals surface area contributed by atoms with E-state index in [9.17, 15) is 14.7 Å². The van der Waals surface area contributed by atoms with Gasteiger partial charge in [0.05, 0.1) is 5.69 Å². The summed E-state index contributed by atoms with van der Waals surface area (Å²) in [5.74, 6) is -0.953. The lowest BCUT2D eigenvalue weighted by Crippen LogP contribution is -2.11. The van der Waals surface area contributed by atoms with Crippen LogP contribution in [0.4, 0.5) is 5.13 Å². The first-order chi connectivity index (χ1) is 9.53. The molecule has 0 bridgehead atoms. The van der Waals surface area contributed by atoms with Crippen LogP contribution in [0.1, 0.15) is 74.2 Å². The fraction of sp³-hybridized carbons (Fsp3) is 0.643. The van der Waals surface area contributed by atoms with Crippen molar-refractivity contribution in [3.63, 3.8) is 0 Å². The van der Waals surface area contributed by atoms with Gasteiger partial charge in [-0.1, -0.05) is 38.5 Å². The van der Waals surface area contributed by atoms with Gasteiger partial charge in [0, 0.05) is 12.3 Å². The van der Waals surface area contributed by atoms with Crippen molar-refractivity contribution in [2.45, 2.75) is 58.8 Å². The highest BCUT2D eigenvalue weighted by atomic mass is 32.1. The molecule has 0 radical (unpaired) electrons. The Balaban J connectivity index is 2.91. The van der Waals surface area contributed by atoms with Crippen LogP contribution in [-0.4, -0.2) is 22.0 Å². The second-order valence-corrected chi connectivity index (χ2v) is 5.70. The first-order valence-corrected chi connectivity index (χ1v) is 7.88. The number of amides is 1. The standard InChI is InChI=1S/C14H22N2O3S/c1-4-7-8-10(17)15-14-16-11(9(5-2)6-3)12(20-14)13(18)19/h9H,4-8H2,1-3H3,(H,18,19)(H,15,16,17). The number of aromatic nitrogens is 1. The van der Waals surface area contributed by atoms with E-state index in [1.807, 2.05) is 20.8 Å². The average Bonchev–Trinajstić information content (AvgIpc) is 2.82. The molecular weight excluding hydrogens is 276 g/mol. The van der Waals surface area contributed by atoms with Crippen molar-refractivity contribution in [1.82, 2.24) is 4.98 Å². The predicted molar refractivity (Wildman–Crippen MR) is 80.6 cm³/mol. The number of nitrogens with zero attached hydrogens (tertiary/aromatic N) is 1. The SMILES string of the molecule is CCCCC(=O)Nc1nc(C(CC)CC)c(C(=O)O)s1. The Morgan fingerprint density at radius 3 is 2.45 bits per heavy atom. The summed E-state index contributed by atoms with van der Waals surface area (Å²) in [7, 11) is 0. The normalized spacial score (nSPS) is 10.8. The number of anilines is 1. The molecule has 0 aromatic carbocycles. The number of unbranched alkanes of at least 4 members (excludes halogenated alkanes) is 1. The van der Waals surface area contributed by atoms with Gasteiger partial charge in [0.1, 0.15) is 4.88 Å². The average molecular weight is 298 g/mol. The predicted octanol–water partition coefficient (Wildman–Crippen LogP) is 3.87. The van der Waals surface area contributed by atoms with Crippen LogP contribution in [0, 0.1) is 0 Å². The molecule has 112 valence electrons. The highest BCUT2D eigenvalue weighted by Gasteiger charge is 2.23.